The van der Waals surface area contributed by atoms with Crippen LogP contribution in [0.5, 0.6) is 0 Å². The number of carbonyl (C=O) groups is 3. The zero-order chi connectivity index (χ0) is 17.0. The topological polar surface area (TPSA) is 74.6 Å². The average Bonchev–Trinajstić information content (AvgIpc) is 2.90. The summed E-state index contributed by atoms with van der Waals surface area (Å²) in [5.41, 5.74) is 1.39. The third-order valence-electron chi connectivity index (χ3n) is 3.41. The fourth-order valence-electron chi connectivity index (χ4n) is 2.20. The van der Waals surface area contributed by atoms with Gasteiger partial charge in [0.2, 0.25) is 5.91 Å². The second-order valence-electron chi connectivity index (χ2n) is 4.96. The Morgan fingerprint density at radius 2 is 1.74 bits per heavy atom. The van der Waals surface area contributed by atoms with E-state index in [1.54, 1.807) is 6.92 Å². The Labute approximate surface area is 133 Å². The van der Waals surface area contributed by atoms with Crippen LogP contribution < -0.4 is 0 Å². The molecule has 6 nitrogen and oxygen atoms in total. The highest BCUT2D eigenvalue weighted by Crippen LogP contribution is 2.19. The van der Waals surface area contributed by atoms with E-state index < -0.39 is 17.8 Å². The first-order valence-corrected chi connectivity index (χ1v) is 6.98. The van der Waals surface area contributed by atoms with Crippen molar-refractivity contribution in [2.24, 2.45) is 0 Å². The van der Waals surface area contributed by atoms with E-state index in [4.69, 9.17) is 4.74 Å². The molecule has 0 spiro atoms. The van der Waals surface area contributed by atoms with Crippen LogP contribution >= 0.6 is 0 Å². The summed E-state index contributed by atoms with van der Waals surface area (Å²) in [5.74, 6) is -1.67. The van der Waals surface area contributed by atoms with Crippen LogP contribution in [-0.2, 0) is 16.1 Å². The summed E-state index contributed by atoms with van der Waals surface area (Å²) in [6, 6.07) is 9.22. The molecule has 0 bridgehead atoms. The van der Waals surface area contributed by atoms with Gasteiger partial charge >= 0.3 is 11.9 Å². The molecule has 1 aromatic heterocycles. The van der Waals surface area contributed by atoms with Crippen molar-refractivity contribution in [1.82, 2.24) is 4.57 Å². The van der Waals surface area contributed by atoms with Gasteiger partial charge in [0.05, 0.1) is 12.7 Å². The normalized spacial score (nSPS) is 10.2. The lowest BCUT2D eigenvalue weighted by Crippen LogP contribution is -2.15. The van der Waals surface area contributed by atoms with E-state index in [0.29, 0.717) is 5.56 Å². The Morgan fingerprint density at radius 3 is 2.30 bits per heavy atom. The molecule has 0 unspecified atom stereocenters. The summed E-state index contributed by atoms with van der Waals surface area (Å²) in [5, 5.41) is 0. The van der Waals surface area contributed by atoms with Crippen molar-refractivity contribution >= 4 is 17.8 Å². The minimum absolute atomic E-state index is 0.0339. The van der Waals surface area contributed by atoms with E-state index >= 15 is 0 Å². The van der Waals surface area contributed by atoms with Gasteiger partial charge in [-0.2, -0.15) is 0 Å². The third-order valence-corrected chi connectivity index (χ3v) is 3.41. The lowest BCUT2D eigenvalue weighted by molar-refractivity contribution is 0.0472. The number of nitrogens with zero attached hydrogens (tertiary/aromatic N) is 1. The molecule has 0 saturated carbocycles. The molecule has 0 aliphatic carbocycles. The maximum Gasteiger partial charge on any atom is 0.355 e. The van der Waals surface area contributed by atoms with E-state index in [1.807, 2.05) is 30.3 Å². The van der Waals surface area contributed by atoms with Crippen molar-refractivity contribution in [3.63, 3.8) is 0 Å². The molecule has 1 aromatic carbocycles. The molecule has 0 amide bonds. The molecule has 23 heavy (non-hydrogen) atoms. The molecule has 120 valence electrons. The highest BCUT2D eigenvalue weighted by molar-refractivity contribution is 6.00. The van der Waals surface area contributed by atoms with Crippen LogP contribution in [0.4, 0.5) is 0 Å². The molecular formula is C17H17NO5. The molecule has 0 saturated heterocycles. The number of aromatic nitrogens is 1. The molecule has 0 atom stereocenters. The van der Waals surface area contributed by atoms with E-state index in [0.717, 1.165) is 10.1 Å². The van der Waals surface area contributed by atoms with Crippen molar-refractivity contribution < 1.29 is 23.9 Å². The predicted molar refractivity (Wildman–Crippen MR) is 82.4 cm³/mol. The average molecular weight is 315 g/mol. The molecule has 2 aromatic rings. The van der Waals surface area contributed by atoms with Crippen LogP contribution in [0.3, 0.4) is 0 Å². The van der Waals surface area contributed by atoms with Crippen molar-refractivity contribution in [3.05, 3.63) is 58.9 Å². The Morgan fingerprint density at radius 1 is 1.09 bits per heavy atom. The number of benzene rings is 1. The van der Waals surface area contributed by atoms with Crippen molar-refractivity contribution in [1.29, 1.82) is 0 Å². The summed E-state index contributed by atoms with van der Waals surface area (Å²) in [6.07, 6.45) is 1.30. The molecule has 0 radical (unpaired) electrons. The van der Waals surface area contributed by atoms with E-state index in [1.165, 1.54) is 20.2 Å². The minimum Gasteiger partial charge on any atom is -0.464 e. The lowest BCUT2D eigenvalue weighted by atomic mass is 10.1. The fourth-order valence-corrected chi connectivity index (χ4v) is 2.20. The highest BCUT2D eigenvalue weighted by Gasteiger charge is 2.25. The van der Waals surface area contributed by atoms with Gasteiger partial charge in [0.25, 0.3) is 0 Å². The first-order valence-electron chi connectivity index (χ1n) is 6.98. The molecule has 2 rings (SSSR count). The summed E-state index contributed by atoms with van der Waals surface area (Å²) in [7, 11) is 1.21. The van der Waals surface area contributed by atoms with Gasteiger partial charge in [-0.1, -0.05) is 30.3 Å². The SMILES string of the molecule is COC(=O)c1c(C)c(C(=O)OCc2ccccc2)cn1C(C)=O. The quantitative estimate of drug-likeness (QED) is 0.811. The van der Waals surface area contributed by atoms with Gasteiger partial charge in [0.15, 0.2) is 0 Å². The number of esters is 2. The summed E-state index contributed by atoms with van der Waals surface area (Å²) in [6.45, 7) is 2.98. The first kappa shape index (κ1) is 16.5. The summed E-state index contributed by atoms with van der Waals surface area (Å²) >= 11 is 0. The first-order chi connectivity index (χ1) is 11.0. The van der Waals surface area contributed by atoms with Crippen LogP contribution in [0.2, 0.25) is 0 Å². The van der Waals surface area contributed by atoms with Gasteiger partial charge in [-0.3, -0.25) is 9.36 Å². The van der Waals surface area contributed by atoms with Crippen LogP contribution in [-0.4, -0.2) is 29.5 Å². The summed E-state index contributed by atoms with van der Waals surface area (Å²) < 4.78 is 11.0. The van der Waals surface area contributed by atoms with Gasteiger partial charge in [0.1, 0.15) is 12.3 Å². The second kappa shape index (κ2) is 6.91. The van der Waals surface area contributed by atoms with Crippen molar-refractivity contribution in [2.75, 3.05) is 7.11 Å². The van der Waals surface area contributed by atoms with Crippen LogP contribution in [0.15, 0.2) is 36.5 Å². The van der Waals surface area contributed by atoms with E-state index in [2.05, 4.69) is 4.74 Å². The standard InChI is InChI=1S/C17H17NO5/c1-11-14(9-18(12(2)19)15(11)17(21)22-3)16(20)23-10-13-7-5-4-6-8-13/h4-9H,10H2,1-3H3. The number of ether oxygens (including phenoxy) is 2. The zero-order valence-electron chi connectivity index (χ0n) is 13.2. The van der Waals surface area contributed by atoms with Gasteiger partial charge in [0, 0.05) is 13.1 Å². The number of methoxy groups -OCH3 is 1. The second-order valence-corrected chi connectivity index (χ2v) is 4.96. The number of rotatable bonds is 4. The lowest BCUT2D eigenvalue weighted by Gasteiger charge is -2.05. The Kier molecular flexibility index (Phi) is 4.95. The maximum absolute atomic E-state index is 12.2. The molecule has 0 aliphatic heterocycles. The molecular weight excluding hydrogens is 298 g/mol. The molecule has 1 heterocycles. The maximum atomic E-state index is 12.2. The zero-order valence-corrected chi connectivity index (χ0v) is 13.2. The fraction of sp³-hybridized carbons (Fsp3) is 0.235. The minimum atomic E-state index is -0.681. The molecule has 0 N–H and O–H groups in total. The number of hydrogen-bond acceptors (Lipinski definition) is 5. The largest absolute Gasteiger partial charge is 0.464 e. The van der Waals surface area contributed by atoms with Crippen molar-refractivity contribution in [2.45, 2.75) is 20.5 Å². The Balaban J connectivity index is 2.27. The van der Waals surface area contributed by atoms with Gasteiger partial charge in [-0.15, -0.1) is 0 Å². The van der Waals surface area contributed by atoms with Crippen LogP contribution in [0, 0.1) is 6.92 Å². The van der Waals surface area contributed by atoms with Gasteiger partial charge in [-0.05, 0) is 18.1 Å². The number of carbonyl (C=O) groups excluding carboxylic acids is 3. The van der Waals surface area contributed by atoms with Gasteiger partial charge < -0.3 is 9.47 Å². The molecule has 6 heteroatoms. The Bertz CT molecular complexity index is 746. The monoisotopic (exact) mass is 315 g/mol. The van der Waals surface area contributed by atoms with Crippen LogP contribution in [0.25, 0.3) is 0 Å². The summed E-state index contributed by atoms with van der Waals surface area (Å²) in [4.78, 5) is 35.7. The van der Waals surface area contributed by atoms with E-state index in [9.17, 15) is 14.4 Å². The van der Waals surface area contributed by atoms with Crippen molar-refractivity contribution in [3.8, 4) is 0 Å². The Hall–Kier alpha value is -2.89. The van der Waals surface area contributed by atoms with E-state index in [-0.39, 0.29) is 17.9 Å². The molecule has 0 aliphatic rings. The smallest absolute Gasteiger partial charge is 0.355 e. The van der Waals surface area contributed by atoms with Gasteiger partial charge in [-0.25, -0.2) is 9.59 Å². The highest BCUT2D eigenvalue weighted by atomic mass is 16.5. The van der Waals surface area contributed by atoms with Crippen LogP contribution in [0.1, 0.15) is 43.7 Å². The number of hydrogen-bond donors (Lipinski definition) is 0. The predicted octanol–water partition coefficient (Wildman–Crippen LogP) is 2.60. The molecule has 0 fully saturated rings. The third kappa shape index (κ3) is 3.48.